The molecule has 3 aliphatic rings. The lowest BCUT2D eigenvalue weighted by Crippen LogP contribution is -2.55. The first-order valence-corrected chi connectivity index (χ1v) is 5.89. The molecular weight excluding hydrogens is 220 g/mol. The highest BCUT2D eigenvalue weighted by Gasteiger charge is 2.57. The lowest BCUT2D eigenvalue weighted by atomic mass is 9.49. The molecule has 3 aliphatic carbocycles. The maximum absolute atomic E-state index is 11.1. The minimum Gasteiger partial charge on any atom is -0.458 e. The van der Waals surface area contributed by atoms with Crippen molar-refractivity contribution < 1.29 is 19.1 Å². The van der Waals surface area contributed by atoms with Gasteiger partial charge < -0.3 is 9.47 Å². The summed E-state index contributed by atoms with van der Waals surface area (Å²) in [6.45, 7) is 7.04. The van der Waals surface area contributed by atoms with Crippen LogP contribution in [0.4, 0.5) is 0 Å². The standard InChI is InChI=1S/C13H18O4/c1-7(14)16-11-6-12(17-8(2)15)10-5-9(11)13(10,3)4/h6,9-11H,5H2,1-4H3/t9-,10+,11-/m1/s1. The Hall–Kier alpha value is -1.32. The van der Waals surface area contributed by atoms with Crippen LogP contribution in [-0.2, 0) is 19.1 Å². The van der Waals surface area contributed by atoms with Crippen molar-refractivity contribution in [1.29, 1.82) is 0 Å². The number of ether oxygens (including phenoxy) is 2. The molecule has 3 atom stereocenters. The summed E-state index contributed by atoms with van der Waals surface area (Å²) in [6, 6.07) is 0. The van der Waals surface area contributed by atoms with Gasteiger partial charge in [0.1, 0.15) is 11.9 Å². The number of fused-ring (bicyclic) bond motifs is 1. The Balaban J connectivity index is 2.23. The summed E-state index contributed by atoms with van der Waals surface area (Å²) >= 11 is 0. The summed E-state index contributed by atoms with van der Waals surface area (Å²) < 4.78 is 10.5. The van der Waals surface area contributed by atoms with E-state index in [1.165, 1.54) is 13.8 Å². The smallest absolute Gasteiger partial charge is 0.307 e. The summed E-state index contributed by atoms with van der Waals surface area (Å²) in [7, 11) is 0. The maximum atomic E-state index is 11.1. The zero-order valence-corrected chi connectivity index (χ0v) is 10.6. The molecule has 3 rings (SSSR count). The van der Waals surface area contributed by atoms with Gasteiger partial charge >= 0.3 is 11.9 Å². The maximum Gasteiger partial charge on any atom is 0.307 e. The SMILES string of the molecule is CC(=O)OC1=C[C@@H](OC(C)=O)[C@H]2C[C@@H]1C2(C)C. The Labute approximate surface area is 101 Å². The fourth-order valence-corrected chi connectivity index (χ4v) is 2.97. The Morgan fingerprint density at radius 2 is 1.94 bits per heavy atom. The molecule has 0 aromatic heterocycles. The van der Waals surface area contributed by atoms with Crippen LogP contribution in [0.3, 0.4) is 0 Å². The molecule has 0 aromatic rings. The van der Waals surface area contributed by atoms with Crippen LogP contribution in [0.2, 0.25) is 0 Å². The van der Waals surface area contributed by atoms with Crippen LogP contribution in [-0.4, -0.2) is 18.0 Å². The van der Waals surface area contributed by atoms with Crippen molar-refractivity contribution in [2.45, 2.75) is 40.2 Å². The van der Waals surface area contributed by atoms with E-state index in [1.54, 1.807) is 6.08 Å². The van der Waals surface area contributed by atoms with Crippen LogP contribution >= 0.6 is 0 Å². The quantitative estimate of drug-likeness (QED) is 0.691. The van der Waals surface area contributed by atoms with Crippen molar-refractivity contribution >= 4 is 11.9 Å². The van der Waals surface area contributed by atoms with Crippen molar-refractivity contribution in [3.8, 4) is 0 Å². The van der Waals surface area contributed by atoms with Crippen molar-refractivity contribution in [2.24, 2.45) is 17.3 Å². The highest BCUT2D eigenvalue weighted by Crippen LogP contribution is 2.60. The third kappa shape index (κ3) is 1.96. The van der Waals surface area contributed by atoms with Gasteiger partial charge in [0.15, 0.2) is 0 Å². The van der Waals surface area contributed by atoms with E-state index < -0.39 is 0 Å². The highest BCUT2D eigenvalue weighted by atomic mass is 16.6. The van der Waals surface area contributed by atoms with Crippen LogP contribution in [0.25, 0.3) is 0 Å². The van der Waals surface area contributed by atoms with Gasteiger partial charge in [0, 0.05) is 25.7 Å². The summed E-state index contributed by atoms with van der Waals surface area (Å²) in [5.74, 6) is 0.642. The molecular formula is C13H18O4. The third-order valence-corrected chi connectivity index (χ3v) is 3.98. The van der Waals surface area contributed by atoms with Gasteiger partial charge in [-0.15, -0.1) is 0 Å². The van der Waals surface area contributed by atoms with Crippen LogP contribution in [0, 0.1) is 17.3 Å². The highest BCUT2D eigenvalue weighted by molar-refractivity contribution is 5.68. The molecule has 2 bridgehead atoms. The first kappa shape index (κ1) is 12.1. The van der Waals surface area contributed by atoms with Crippen molar-refractivity contribution in [3.05, 3.63) is 11.8 Å². The van der Waals surface area contributed by atoms with E-state index in [2.05, 4.69) is 13.8 Å². The zero-order valence-electron chi connectivity index (χ0n) is 10.6. The monoisotopic (exact) mass is 238 g/mol. The second-order valence-corrected chi connectivity index (χ2v) is 5.45. The number of carbonyl (C=O) groups is 2. The minimum atomic E-state index is -0.320. The minimum absolute atomic E-state index is 0.0274. The van der Waals surface area contributed by atoms with Gasteiger partial charge in [-0.05, 0) is 17.9 Å². The van der Waals surface area contributed by atoms with Crippen LogP contribution in [0.5, 0.6) is 0 Å². The molecule has 94 valence electrons. The van der Waals surface area contributed by atoms with E-state index in [0.717, 1.165) is 6.42 Å². The molecule has 0 saturated heterocycles. The molecule has 0 unspecified atom stereocenters. The Morgan fingerprint density at radius 1 is 1.29 bits per heavy atom. The predicted octanol–water partition coefficient (Wildman–Crippen LogP) is 2.04. The summed E-state index contributed by atoms with van der Waals surface area (Å²) in [5, 5.41) is 0. The van der Waals surface area contributed by atoms with Gasteiger partial charge in [0.2, 0.25) is 0 Å². The van der Waals surface area contributed by atoms with E-state index in [4.69, 9.17) is 9.47 Å². The number of rotatable bonds is 2. The molecule has 17 heavy (non-hydrogen) atoms. The number of esters is 2. The zero-order chi connectivity index (χ0) is 12.8. The van der Waals surface area contributed by atoms with E-state index in [9.17, 15) is 9.59 Å². The molecule has 0 aliphatic heterocycles. The summed E-state index contributed by atoms with van der Waals surface area (Å²) in [4.78, 5) is 22.1. The molecule has 0 N–H and O–H groups in total. The first-order chi connectivity index (χ1) is 7.82. The normalized spacial score (nSPS) is 33.2. The average molecular weight is 238 g/mol. The van der Waals surface area contributed by atoms with Gasteiger partial charge in [0.05, 0.1) is 0 Å². The van der Waals surface area contributed by atoms with Gasteiger partial charge in [-0.1, -0.05) is 13.8 Å². The summed E-state index contributed by atoms with van der Waals surface area (Å²) in [5.41, 5.74) is 0.0274. The third-order valence-electron chi connectivity index (χ3n) is 3.98. The van der Waals surface area contributed by atoms with E-state index >= 15 is 0 Å². The fraction of sp³-hybridized carbons (Fsp3) is 0.692. The largest absolute Gasteiger partial charge is 0.458 e. The molecule has 1 saturated carbocycles. The molecule has 4 nitrogen and oxygen atoms in total. The van der Waals surface area contributed by atoms with Crippen molar-refractivity contribution in [2.75, 3.05) is 0 Å². The molecule has 1 fully saturated rings. The van der Waals surface area contributed by atoms with E-state index in [-0.39, 0.29) is 29.4 Å². The van der Waals surface area contributed by atoms with Crippen LogP contribution in [0.1, 0.15) is 34.1 Å². The number of allylic oxidation sites excluding steroid dienone is 1. The van der Waals surface area contributed by atoms with Gasteiger partial charge in [-0.3, -0.25) is 9.59 Å². The Morgan fingerprint density at radius 3 is 2.41 bits per heavy atom. The molecule has 0 radical (unpaired) electrons. The Kier molecular flexibility index (Phi) is 2.76. The van der Waals surface area contributed by atoms with Crippen LogP contribution < -0.4 is 0 Å². The van der Waals surface area contributed by atoms with Gasteiger partial charge in [0.25, 0.3) is 0 Å². The number of hydrogen-bond acceptors (Lipinski definition) is 4. The fourth-order valence-electron chi connectivity index (χ4n) is 2.97. The van der Waals surface area contributed by atoms with Gasteiger partial charge in [-0.25, -0.2) is 0 Å². The van der Waals surface area contributed by atoms with Gasteiger partial charge in [-0.2, -0.15) is 0 Å². The lowest BCUT2D eigenvalue weighted by Gasteiger charge is -2.57. The lowest BCUT2D eigenvalue weighted by molar-refractivity contribution is -0.164. The summed E-state index contributed by atoms with van der Waals surface area (Å²) in [6.07, 6.45) is 2.44. The van der Waals surface area contributed by atoms with Crippen molar-refractivity contribution in [3.63, 3.8) is 0 Å². The first-order valence-electron chi connectivity index (χ1n) is 5.89. The topological polar surface area (TPSA) is 52.6 Å². The molecule has 0 heterocycles. The van der Waals surface area contributed by atoms with Crippen LogP contribution in [0.15, 0.2) is 11.8 Å². The average Bonchev–Trinajstić information content (AvgIpc) is 2.13. The number of hydrogen-bond donors (Lipinski definition) is 0. The van der Waals surface area contributed by atoms with E-state index in [1.807, 2.05) is 0 Å². The van der Waals surface area contributed by atoms with E-state index in [0.29, 0.717) is 11.7 Å². The second kappa shape index (κ2) is 3.86. The van der Waals surface area contributed by atoms with Crippen molar-refractivity contribution in [1.82, 2.24) is 0 Å². The number of carbonyl (C=O) groups excluding carboxylic acids is 2. The predicted molar refractivity (Wildman–Crippen MR) is 60.8 cm³/mol. The molecule has 0 aromatic carbocycles. The molecule has 4 heteroatoms. The Bertz CT molecular complexity index is 394. The molecule has 0 amide bonds. The second-order valence-electron chi connectivity index (χ2n) is 5.45. The molecule has 0 spiro atoms.